The van der Waals surface area contributed by atoms with E-state index in [0.29, 0.717) is 0 Å². The summed E-state index contributed by atoms with van der Waals surface area (Å²) in [4.78, 5) is 12.4. The SMILES string of the molecule is COc1ccc(/C=C/NC(=O)NC(c2ccccc2)c2ccccc2)cc1. The van der Waals surface area contributed by atoms with Gasteiger partial charge in [-0.1, -0.05) is 72.8 Å². The number of hydrogen-bond donors (Lipinski definition) is 2. The normalized spacial score (nSPS) is 10.7. The van der Waals surface area contributed by atoms with Gasteiger partial charge in [0.05, 0.1) is 13.2 Å². The Hall–Kier alpha value is -3.53. The fourth-order valence-corrected chi connectivity index (χ4v) is 2.75. The van der Waals surface area contributed by atoms with Crippen LogP contribution < -0.4 is 15.4 Å². The number of hydrogen-bond acceptors (Lipinski definition) is 2. The second-order valence-corrected chi connectivity index (χ2v) is 5.98. The zero-order valence-corrected chi connectivity index (χ0v) is 15.1. The topological polar surface area (TPSA) is 50.4 Å². The Balaban J connectivity index is 1.66. The number of urea groups is 1. The number of nitrogens with one attached hydrogen (secondary N) is 2. The monoisotopic (exact) mass is 358 g/mol. The first-order valence-electron chi connectivity index (χ1n) is 8.74. The highest BCUT2D eigenvalue weighted by Gasteiger charge is 2.15. The van der Waals surface area contributed by atoms with Crippen LogP contribution in [0.4, 0.5) is 4.79 Å². The average Bonchev–Trinajstić information content (AvgIpc) is 2.74. The second-order valence-electron chi connectivity index (χ2n) is 5.98. The first-order valence-corrected chi connectivity index (χ1v) is 8.74. The van der Waals surface area contributed by atoms with Crippen LogP contribution in [-0.4, -0.2) is 13.1 Å². The largest absolute Gasteiger partial charge is 0.497 e. The summed E-state index contributed by atoms with van der Waals surface area (Å²) < 4.78 is 5.14. The molecule has 2 amide bonds. The molecule has 0 aromatic heterocycles. The van der Waals surface area contributed by atoms with Crippen molar-refractivity contribution in [1.82, 2.24) is 10.6 Å². The molecule has 27 heavy (non-hydrogen) atoms. The maximum Gasteiger partial charge on any atom is 0.319 e. The number of methoxy groups -OCH3 is 1. The average molecular weight is 358 g/mol. The van der Waals surface area contributed by atoms with Crippen LogP contribution in [0.15, 0.2) is 91.1 Å². The molecule has 0 saturated heterocycles. The van der Waals surface area contributed by atoms with Crippen LogP contribution in [-0.2, 0) is 0 Å². The summed E-state index contributed by atoms with van der Waals surface area (Å²) in [6.45, 7) is 0. The van der Waals surface area contributed by atoms with Crippen LogP contribution in [0.25, 0.3) is 6.08 Å². The van der Waals surface area contributed by atoms with Gasteiger partial charge in [0.1, 0.15) is 5.75 Å². The molecule has 0 spiro atoms. The Morgan fingerprint density at radius 2 is 1.41 bits per heavy atom. The number of ether oxygens (including phenoxy) is 1. The minimum Gasteiger partial charge on any atom is -0.497 e. The van der Waals surface area contributed by atoms with Crippen molar-refractivity contribution in [3.8, 4) is 5.75 Å². The van der Waals surface area contributed by atoms with Gasteiger partial charge in [0.25, 0.3) is 0 Å². The lowest BCUT2D eigenvalue weighted by molar-refractivity contribution is 0.242. The lowest BCUT2D eigenvalue weighted by Gasteiger charge is -2.19. The van der Waals surface area contributed by atoms with Gasteiger partial charge in [-0.3, -0.25) is 0 Å². The van der Waals surface area contributed by atoms with E-state index in [4.69, 9.17) is 4.74 Å². The number of benzene rings is 3. The summed E-state index contributed by atoms with van der Waals surface area (Å²) in [7, 11) is 1.63. The first kappa shape index (κ1) is 18.3. The summed E-state index contributed by atoms with van der Waals surface area (Å²) in [5, 5.41) is 5.80. The molecule has 4 nitrogen and oxygen atoms in total. The Morgan fingerprint density at radius 1 is 0.852 bits per heavy atom. The number of amides is 2. The number of carbonyl (C=O) groups is 1. The van der Waals surface area contributed by atoms with Crippen LogP contribution in [0, 0.1) is 0 Å². The Morgan fingerprint density at radius 3 is 1.93 bits per heavy atom. The van der Waals surface area contributed by atoms with Crippen molar-refractivity contribution in [2.75, 3.05) is 7.11 Å². The van der Waals surface area contributed by atoms with Crippen molar-refractivity contribution in [3.05, 3.63) is 108 Å². The van der Waals surface area contributed by atoms with Crippen LogP contribution in [0.1, 0.15) is 22.7 Å². The predicted molar refractivity (Wildman–Crippen MR) is 108 cm³/mol. The Bertz CT molecular complexity index is 836. The van der Waals surface area contributed by atoms with E-state index < -0.39 is 0 Å². The zero-order chi connectivity index (χ0) is 18.9. The number of carbonyl (C=O) groups excluding carboxylic acids is 1. The highest BCUT2D eigenvalue weighted by molar-refractivity contribution is 5.77. The van der Waals surface area contributed by atoms with Gasteiger partial charge in [0.15, 0.2) is 0 Å². The van der Waals surface area contributed by atoms with Gasteiger partial charge in [-0.15, -0.1) is 0 Å². The van der Waals surface area contributed by atoms with E-state index >= 15 is 0 Å². The fourth-order valence-electron chi connectivity index (χ4n) is 2.75. The van der Waals surface area contributed by atoms with Crippen LogP contribution in [0.2, 0.25) is 0 Å². The molecular weight excluding hydrogens is 336 g/mol. The Kier molecular flexibility index (Phi) is 6.26. The molecule has 2 N–H and O–H groups in total. The van der Waals surface area contributed by atoms with E-state index in [0.717, 1.165) is 22.4 Å². The molecule has 3 aromatic rings. The summed E-state index contributed by atoms with van der Waals surface area (Å²) in [6, 6.07) is 26.9. The van der Waals surface area contributed by atoms with Crippen molar-refractivity contribution in [3.63, 3.8) is 0 Å². The van der Waals surface area contributed by atoms with E-state index in [9.17, 15) is 4.79 Å². The van der Waals surface area contributed by atoms with Crippen LogP contribution in [0.3, 0.4) is 0 Å². The molecule has 0 radical (unpaired) electrons. The maximum absolute atomic E-state index is 12.4. The van der Waals surface area contributed by atoms with Crippen molar-refractivity contribution < 1.29 is 9.53 Å². The van der Waals surface area contributed by atoms with E-state index in [1.807, 2.05) is 91.0 Å². The van der Waals surface area contributed by atoms with E-state index in [1.54, 1.807) is 13.3 Å². The standard InChI is InChI=1S/C23H22N2O2/c1-27-21-14-12-18(13-15-21)16-17-24-23(26)25-22(19-8-4-2-5-9-19)20-10-6-3-7-11-20/h2-17,22H,1H3,(H2,24,25,26)/b17-16+. The smallest absolute Gasteiger partial charge is 0.319 e. The van der Waals surface area contributed by atoms with Gasteiger partial charge < -0.3 is 15.4 Å². The molecule has 3 rings (SSSR count). The van der Waals surface area contributed by atoms with Gasteiger partial charge >= 0.3 is 6.03 Å². The van der Waals surface area contributed by atoms with Gasteiger partial charge in [-0.05, 0) is 34.9 Å². The molecule has 0 fully saturated rings. The molecule has 0 saturated carbocycles. The molecule has 0 atom stereocenters. The van der Waals surface area contributed by atoms with Gasteiger partial charge in [0, 0.05) is 6.20 Å². The molecule has 136 valence electrons. The lowest BCUT2D eigenvalue weighted by Crippen LogP contribution is -2.35. The van der Waals surface area contributed by atoms with E-state index in [-0.39, 0.29) is 12.1 Å². The fraction of sp³-hybridized carbons (Fsp3) is 0.0870. The van der Waals surface area contributed by atoms with Crippen molar-refractivity contribution in [1.29, 1.82) is 0 Å². The lowest BCUT2D eigenvalue weighted by atomic mass is 9.99. The van der Waals surface area contributed by atoms with Gasteiger partial charge in [-0.25, -0.2) is 4.79 Å². The molecule has 0 bridgehead atoms. The van der Waals surface area contributed by atoms with Crippen LogP contribution in [0.5, 0.6) is 5.75 Å². The van der Waals surface area contributed by atoms with Crippen molar-refractivity contribution in [2.24, 2.45) is 0 Å². The second kappa shape index (κ2) is 9.25. The number of rotatable bonds is 6. The molecule has 3 aromatic carbocycles. The molecule has 0 aliphatic heterocycles. The summed E-state index contributed by atoms with van der Waals surface area (Å²) in [5.74, 6) is 0.798. The first-order chi connectivity index (χ1) is 13.3. The third kappa shape index (κ3) is 5.22. The molecule has 0 unspecified atom stereocenters. The third-order valence-electron chi connectivity index (χ3n) is 4.15. The molecule has 4 heteroatoms. The van der Waals surface area contributed by atoms with Crippen LogP contribution >= 0.6 is 0 Å². The summed E-state index contributed by atoms with van der Waals surface area (Å²) in [6.07, 6.45) is 3.46. The molecule has 0 aliphatic rings. The van der Waals surface area contributed by atoms with E-state index in [2.05, 4.69) is 10.6 Å². The highest BCUT2D eigenvalue weighted by atomic mass is 16.5. The molecule has 0 heterocycles. The van der Waals surface area contributed by atoms with Crippen molar-refractivity contribution >= 4 is 12.1 Å². The summed E-state index contributed by atoms with van der Waals surface area (Å²) in [5.41, 5.74) is 3.02. The van der Waals surface area contributed by atoms with E-state index in [1.165, 1.54) is 0 Å². The quantitative estimate of drug-likeness (QED) is 0.668. The Labute approximate surface area is 159 Å². The van der Waals surface area contributed by atoms with Gasteiger partial charge in [0.2, 0.25) is 0 Å². The summed E-state index contributed by atoms with van der Waals surface area (Å²) >= 11 is 0. The van der Waals surface area contributed by atoms with Crippen molar-refractivity contribution in [2.45, 2.75) is 6.04 Å². The predicted octanol–water partition coefficient (Wildman–Crippen LogP) is 4.75. The highest BCUT2D eigenvalue weighted by Crippen LogP contribution is 2.21. The minimum absolute atomic E-state index is 0.221. The molecule has 0 aliphatic carbocycles. The minimum atomic E-state index is -0.266. The maximum atomic E-state index is 12.4. The molecular formula is C23H22N2O2. The zero-order valence-electron chi connectivity index (χ0n) is 15.1. The third-order valence-corrected chi connectivity index (χ3v) is 4.15. The van der Waals surface area contributed by atoms with Gasteiger partial charge in [-0.2, -0.15) is 0 Å².